The summed E-state index contributed by atoms with van der Waals surface area (Å²) in [6.45, 7) is 19.6. The third kappa shape index (κ3) is 9.57. The minimum atomic E-state index is -0.213. The molecular weight excluding hydrogens is 469 g/mol. The maximum atomic E-state index is 13.1. The number of methoxy groups -OCH3 is 1. The second-order valence-corrected chi connectivity index (χ2v) is 9.01. The number of rotatable bonds is 6. The third-order valence-electron chi connectivity index (χ3n) is 6.63. The van der Waals surface area contributed by atoms with Crippen LogP contribution < -0.4 is 4.74 Å². The first-order chi connectivity index (χ1) is 17.9. The first kappa shape index (κ1) is 31.7. The predicted molar refractivity (Wildman–Crippen MR) is 149 cm³/mol. The number of benzene rings is 2. The van der Waals surface area contributed by atoms with Gasteiger partial charge in [0.25, 0.3) is 0 Å². The second-order valence-electron chi connectivity index (χ2n) is 9.01. The zero-order valence-electron chi connectivity index (χ0n) is 22.8. The molecule has 0 saturated carbocycles. The van der Waals surface area contributed by atoms with E-state index in [9.17, 15) is 4.39 Å². The molecule has 0 aliphatic carbocycles. The molecule has 1 spiro atoms. The zero-order valence-corrected chi connectivity index (χ0v) is 22.8. The molecule has 2 aromatic rings. The van der Waals surface area contributed by atoms with E-state index in [1.807, 2.05) is 39.6 Å². The number of allylic oxidation sites excluding steroid dienone is 1. The molecule has 4 rings (SSSR count). The zero-order chi connectivity index (χ0) is 27.8. The van der Waals surface area contributed by atoms with E-state index in [2.05, 4.69) is 35.4 Å². The molecule has 2 aliphatic rings. The van der Waals surface area contributed by atoms with Gasteiger partial charge in [-0.1, -0.05) is 44.7 Å². The van der Waals surface area contributed by atoms with Gasteiger partial charge in [-0.15, -0.1) is 0 Å². The quantitative estimate of drug-likeness (QED) is 0.375. The van der Waals surface area contributed by atoms with Crippen molar-refractivity contribution in [1.29, 1.82) is 0 Å². The fourth-order valence-corrected chi connectivity index (χ4v) is 4.66. The number of likely N-dealkylation sites (tertiary alicyclic amines) is 2. The third-order valence-corrected chi connectivity index (χ3v) is 6.63. The van der Waals surface area contributed by atoms with Gasteiger partial charge in [0.05, 0.1) is 7.11 Å². The summed E-state index contributed by atoms with van der Waals surface area (Å²) >= 11 is 0. The van der Waals surface area contributed by atoms with Gasteiger partial charge in [-0.2, -0.15) is 0 Å². The van der Waals surface area contributed by atoms with Gasteiger partial charge in [-0.3, -0.25) is 4.90 Å². The largest absolute Gasteiger partial charge is 0.497 e. The number of aliphatic imine (C=N–C) groups is 1. The molecule has 0 N–H and O–H groups in total. The van der Waals surface area contributed by atoms with Crippen molar-refractivity contribution < 1.29 is 18.7 Å². The Hall–Kier alpha value is -3.32. The summed E-state index contributed by atoms with van der Waals surface area (Å²) < 4.78 is 18.3. The lowest BCUT2D eigenvalue weighted by Crippen LogP contribution is -2.61. The molecule has 0 bridgehead atoms. The Bertz CT molecular complexity index is 959. The monoisotopic (exact) mass is 511 g/mol. The van der Waals surface area contributed by atoms with Crippen LogP contribution in [-0.2, 0) is 22.6 Å². The van der Waals surface area contributed by atoms with Crippen LogP contribution in [0.2, 0.25) is 0 Å². The SMILES string of the molecule is C=C(Cc1ccc(F)cc1)N=C(C)N1CC2(CCN(Cc3ccc(OC)cc3)CC2)C1.C=O.C=O.CC. The smallest absolute Gasteiger partial charge is 0.123 e. The van der Waals surface area contributed by atoms with E-state index in [1.54, 1.807) is 19.2 Å². The van der Waals surface area contributed by atoms with E-state index in [-0.39, 0.29) is 5.82 Å². The Morgan fingerprint density at radius 1 is 0.946 bits per heavy atom. The maximum absolute atomic E-state index is 13.1. The first-order valence-corrected chi connectivity index (χ1v) is 12.6. The van der Waals surface area contributed by atoms with Crippen molar-refractivity contribution >= 4 is 19.4 Å². The van der Waals surface area contributed by atoms with Crippen LogP contribution in [0.3, 0.4) is 0 Å². The molecular formula is C30H42FN3O3. The Labute approximate surface area is 221 Å². The summed E-state index contributed by atoms with van der Waals surface area (Å²) in [7, 11) is 1.70. The number of hydrogen-bond donors (Lipinski definition) is 0. The summed E-state index contributed by atoms with van der Waals surface area (Å²) in [6.07, 6.45) is 3.13. The van der Waals surface area contributed by atoms with E-state index in [1.165, 1.54) is 30.5 Å². The van der Waals surface area contributed by atoms with Crippen LogP contribution in [0.25, 0.3) is 0 Å². The maximum Gasteiger partial charge on any atom is 0.123 e. The number of amidine groups is 1. The van der Waals surface area contributed by atoms with Crippen molar-refractivity contribution in [3.05, 3.63) is 77.8 Å². The van der Waals surface area contributed by atoms with E-state index in [4.69, 9.17) is 19.3 Å². The molecule has 7 heteroatoms. The molecule has 2 saturated heterocycles. The number of carbonyl (C=O) groups is 2. The van der Waals surface area contributed by atoms with Crippen LogP contribution in [0.15, 0.2) is 65.8 Å². The fourth-order valence-electron chi connectivity index (χ4n) is 4.66. The van der Waals surface area contributed by atoms with Crippen LogP contribution in [-0.4, -0.2) is 62.5 Å². The Balaban J connectivity index is 0.00000106. The van der Waals surface area contributed by atoms with Crippen molar-refractivity contribution in [2.24, 2.45) is 10.4 Å². The van der Waals surface area contributed by atoms with Crippen molar-refractivity contribution in [3.63, 3.8) is 0 Å². The van der Waals surface area contributed by atoms with Crippen LogP contribution in [0.4, 0.5) is 4.39 Å². The van der Waals surface area contributed by atoms with Crippen molar-refractivity contribution in [2.45, 2.75) is 46.6 Å². The van der Waals surface area contributed by atoms with Gasteiger partial charge in [-0.05, 0) is 68.2 Å². The standard InChI is InChI=1S/C26H32FN3O.C2H6.2CH2O/c1-20(16-22-4-8-24(27)9-5-22)28-21(2)30-18-26(19-30)12-14-29(15-13-26)17-23-6-10-25(31-3)11-7-23;3*1-2/h4-11H,1,12-19H2,2-3H3;1-2H3;2*1H2. The number of carbonyl (C=O) groups excluding carboxylic acids is 2. The van der Waals surface area contributed by atoms with Gasteiger partial charge >= 0.3 is 0 Å². The van der Waals surface area contributed by atoms with Gasteiger partial charge in [0.2, 0.25) is 0 Å². The highest BCUT2D eigenvalue weighted by Crippen LogP contribution is 2.41. The van der Waals surface area contributed by atoms with Crippen LogP contribution in [0.1, 0.15) is 44.7 Å². The Morgan fingerprint density at radius 3 is 1.97 bits per heavy atom. The van der Waals surface area contributed by atoms with Crippen molar-refractivity contribution in [1.82, 2.24) is 9.80 Å². The number of ether oxygens (including phenoxy) is 1. The van der Waals surface area contributed by atoms with E-state index in [0.717, 1.165) is 55.6 Å². The topological polar surface area (TPSA) is 62.2 Å². The number of hydrogen-bond acceptors (Lipinski definition) is 5. The average molecular weight is 512 g/mol. The lowest BCUT2D eigenvalue weighted by atomic mass is 9.72. The number of halogens is 1. The van der Waals surface area contributed by atoms with Gasteiger partial charge in [-0.25, -0.2) is 9.38 Å². The molecule has 6 nitrogen and oxygen atoms in total. The molecule has 2 aromatic carbocycles. The highest BCUT2D eigenvalue weighted by Gasteiger charge is 2.45. The van der Waals surface area contributed by atoms with Gasteiger partial charge in [0, 0.05) is 37.2 Å². The molecule has 0 unspecified atom stereocenters. The van der Waals surface area contributed by atoms with E-state index >= 15 is 0 Å². The summed E-state index contributed by atoms with van der Waals surface area (Å²) in [5.74, 6) is 1.74. The van der Waals surface area contributed by atoms with E-state index < -0.39 is 0 Å². The molecule has 37 heavy (non-hydrogen) atoms. The molecule has 2 fully saturated rings. The fraction of sp³-hybridized carbons (Fsp3) is 0.433. The second kappa shape index (κ2) is 16.4. The lowest BCUT2D eigenvalue weighted by molar-refractivity contribution is -0.0987. The molecule has 0 aromatic heterocycles. The van der Waals surface area contributed by atoms with Crippen LogP contribution in [0, 0.1) is 11.2 Å². The number of piperidine rings is 1. The summed E-state index contributed by atoms with van der Waals surface area (Å²) in [5, 5.41) is 0. The first-order valence-electron chi connectivity index (χ1n) is 12.6. The minimum absolute atomic E-state index is 0.213. The average Bonchev–Trinajstić information content (AvgIpc) is 2.93. The van der Waals surface area contributed by atoms with Crippen LogP contribution in [0.5, 0.6) is 5.75 Å². The highest BCUT2D eigenvalue weighted by atomic mass is 19.1. The Morgan fingerprint density at radius 2 is 1.46 bits per heavy atom. The molecule has 202 valence electrons. The van der Waals surface area contributed by atoms with Crippen molar-refractivity contribution in [3.8, 4) is 5.75 Å². The molecule has 0 radical (unpaired) electrons. The van der Waals surface area contributed by atoms with E-state index in [0.29, 0.717) is 11.8 Å². The highest BCUT2D eigenvalue weighted by molar-refractivity contribution is 5.81. The summed E-state index contributed by atoms with van der Waals surface area (Å²) in [5.41, 5.74) is 3.63. The van der Waals surface area contributed by atoms with Crippen molar-refractivity contribution in [2.75, 3.05) is 33.3 Å². The molecule has 2 heterocycles. The molecule has 2 aliphatic heterocycles. The predicted octanol–water partition coefficient (Wildman–Crippen LogP) is 5.56. The normalized spacial score (nSPS) is 16.0. The van der Waals surface area contributed by atoms with Crippen LogP contribution >= 0.6 is 0 Å². The molecule has 0 amide bonds. The van der Waals surface area contributed by atoms with Gasteiger partial charge in [0.1, 0.15) is 31.0 Å². The van der Waals surface area contributed by atoms with Gasteiger partial charge in [0.15, 0.2) is 0 Å². The molecule has 0 atom stereocenters. The Kier molecular flexibility index (Phi) is 14.1. The summed E-state index contributed by atoms with van der Waals surface area (Å²) in [6, 6.07) is 15.0. The number of nitrogens with zero attached hydrogens (tertiary/aromatic N) is 3. The minimum Gasteiger partial charge on any atom is -0.497 e. The van der Waals surface area contributed by atoms with Gasteiger partial charge < -0.3 is 19.2 Å². The lowest BCUT2D eigenvalue weighted by Gasteiger charge is -2.55. The summed E-state index contributed by atoms with van der Waals surface area (Å²) in [4.78, 5) is 25.6.